The van der Waals surface area contributed by atoms with Gasteiger partial charge in [0.25, 0.3) is 11.8 Å². The zero-order chi connectivity index (χ0) is 36.3. The Morgan fingerprint density at radius 1 is 0.481 bits per heavy atom. The summed E-state index contributed by atoms with van der Waals surface area (Å²) in [4.78, 5) is 50.7. The third-order valence-electron chi connectivity index (χ3n) is 9.31. The fourth-order valence-corrected chi connectivity index (χ4v) is 6.56. The minimum atomic E-state index is -1.19. The summed E-state index contributed by atoms with van der Waals surface area (Å²) < 4.78 is 0. The molecule has 256 valence electrons. The van der Waals surface area contributed by atoms with Crippen LogP contribution in [0, 0.1) is 0 Å². The summed E-state index contributed by atoms with van der Waals surface area (Å²) >= 11 is 0. The van der Waals surface area contributed by atoms with Crippen molar-refractivity contribution in [2.45, 2.75) is 11.1 Å². The summed E-state index contributed by atoms with van der Waals surface area (Å²) in [6, 6.07) is 38.4. The third kappa shape index (κ3) is 5.73. The van der Waals surface area contributed by atoms with Gasteiger partial charge in [0.1, 0.15) is 6.33 Å². The Bertz CT molecular complexity index is 2140. The molecule has 4 aromatic carbocycles. The van der Waals surface area contributed by atoms with Gasteiger partial charge in [-0.1, -0.05) is 103 Å². The second-order valence-corrected chi connectivity index (χ2v) is 12.4. The Kier molecular flexibility index (Phi) is 8.83. The molecule has 52 heavy (non-hydrogen) atoms. The summed E-state index contributed by atoms with van der Waals surface area (Å²) in [5.41, 5.74) is 16.5. The molecule has 2 aliphatic rings. The number of likely N-dealkylation sites (N-methyl/N-ethyl adjacent to an activating group) is 2. The number of rotatable bonds is 6. The van der Waals surface area contributed by atoms with Crippen molar-refractivity contribution in [3.05, 3.63) is 175 Å². The number of benzene rings is 4. The Morgan fingerprint density at radius 3 is 1.33 bits per heavy atom. The zero-order valence-corrected chi connectivity index (χ0v) is 28.5. The minimum Gasteiger partial charge on any atom is -0.369 e. The first-order chi connectivity index (χ1) is 25.3. The van der Waals surface area contributed by atoms with E-state index >= 15 is 0 Å². The molecule has 6 aromatic rings. The normalized spacial score (nSPS) is 19.5. The van der Waals surface area contributed by atoms with E-state index in [1.54, 1.807) is 38.9 Å². The van der Waals surface area contributed by atoms with Crippen LogP contribution in [0.15, 0.2) is 162 Å². The average molecular weight is 686 g/mol. The lowest BCUT2D eigenvalue weighted by molar-refractivity contribution is -0.130. The Labute approximate surface area is 301 Å². The van der Waals surface area contributed by atoms with Gasteiger partial charge < -0.3 is 11.5 Å². The molecular weight excluding hydrogens is 651 g/mol. The third-order valence-corrected chi connectivity index (χ3v) is 9.31. The standard InChI is InChI=1S/C21H18N4O.C20H17N5O/c1-25-19(26)21(24-20(25)22,17-9-3-2-4-10-17)18-11-5-7-15(13-18)16-8-6-12-23-14-16;1-25-18(26)20(24-19(25)21,16-7-3-2-4-8-16)17-9-5-6-14(10-17)15-11-22-13-23-12-15/h2-14H,1H3,(H2,22,24);2-13H,1H3,(H2,21,24). The van der Waals surface area contributed by atoms with Crippen molar-refractivity contribution >= 4 is 23.7 Å². The smallest absolute Gasteiger partial charge is 0.266 e. The number of hydrogen-bond donors (Lipinski definition) is 2. The molecule has 11 nitrogen and oxygen atoms in total. The molecule has 2 atom stereocenters. The largest absolute Gasteiger partial charge is 0.369 e. The van der Waals surface area contributed by atoms with E-state index in [0.717, 1.165) is 44.5 Å². The molecule has 0 saturated heterocycles. The van der Waals surface area contributed by atoms with Gasteiger partial charge >= 0.3 is 0 Å². The van der Waals surface area contributed by atoms with Crippen molar-refractivity contribution in [1.82, 2.24) is 24.8 Å². The molecule has 4 N–H and O–H groups in total. The van der Waals surface area contributed by atoms with E-state index in [-0.39, 0.29) is 23.7 Å². The summed E-state index contributed by atoms with van der Waals surface area (Å²) in [7, 11) is 3.29. The van der Waals surface area contributed by atoms with Crippen molar-refractivity contribution in [3.63, 3.8) is 0 Å². The molecule has 0 bridgehead atoms. The van der Waals surface area contributed by atoms with Crippen LogP contribution in [0.4, 0.5) is 0 Å². The summed E-state index contributed by atoms with van der Waals surface area (Å²) in [6.07, 6.45) is 8.50. The van der Waals surface area contributed by atoms with Crippen LogP contribution in [0.5, 0.6) is 0 Å². The van der Waals surface area contributed by atoms with E-state index < -0.39 is 11.1 Å². The van der Waals surface area contributed by atoms with Crippen molar-refractivity contribution < 1.29 is 9.59 Å². The molecular formula is C41H35N9O2. The van der Waals surface area contributed by atoms with Gasteiger partial charge in [0.15, 0.2) is 23.0 Å². The quantitative estimate of drug-likeness (QED) is 0.251. The number of nitrogens with zero attached hydrogens (tertiary/aromatic N) is 7. The van der Waals surface area contributed by atoms with Crippen molar-refractivity contribution in [3.8, 4) is 22.3 Å². The van der Waals surface area contributed by atoms with Gasteiger partial charge in [0.2, 0.25) is 0 Å². The van der Waals surface area contributed by atoms with E-state index in [0.29, 0.717) is 0 Å². The predicted octanol–water partition coefficient (Wildman–Crippen LogP) is 4.95. The molecule has 0 fully saturated rings. The Morgan fingerprint density at radius 2 is 0.904 bits per heavy atom. The molecule has 2 aromatic heterocycles. The maximum atomic E-state index is 13.2. The second kappa shape index (κ2) is 13.7. The van der Waals surface area contributed by atoms with Crippen LogP contribution in [-0.2, 0) is 20.7 Å². The van der Waals surface area contributed by atoms with Crippen molar-refractivity contribution in [2.75, 3.05) is 14.1 Å². The van der Waals surface area contributed by atoms with E-state index in [2.05, 4.69) is 24.9 Å². The van der Waals surface area contributed by atoms with E-state index in [4.69, 9.17) is 11.5 Å². The topological polar surface area (TPSA) is 156 Å². The number of aliphatic imine (C=N–C) groups is 2. The van der Waals surface area contributed by atoms with Gasteiger partial charge in [-0.25, -0.2) is 20.0 Å². The number of aromatic nitrogens is 3. The number of carbonyl (C=O) groups excluding carboxylic acids is 2. The molecule has 0 aliphatic carbocycles. The molecule has 11 heteroatoms. The van der Waals surface area contributed by atoms with Crippen molar-refractivity contribution in [1.29, 1.82) is 0 Å². The molecule has 2 unspecified atom stereocenters. The highest BCUT2D eigenvalue weighted by atomic mass is 16.2. The van der Waals surface area contributed by atoms with E-state index in [1.165, 1.54) is 16.1 Å². The summed E-state index contributed by atoms with van der Waals surface area (Å²) in [5.74, 6) is 0.0742. The lowest BCUT2D eigenvalue weighted by Crippen LogP contribution is -2.41. The molecule has 0 radical (unpaired) electrons. The first-order valence-electron chi connectivity index (χ1n) is 16.5. The van der Waals surface area contributed by atoms with Gasteiger partial charge in [0.05, 0.1) is 0 Å². The summed E-state index contributed by atoms with van der Waals surface area (Å²) in [6.45, 7) is 0. The van der Waals surface area contributed by atoms with Crippen LogP contribution in [0.1, 0.15) is 22.3 Å². The lowest BCUT2D eigenvalue weighted by Gasteiger charge is -2.26. The van der Waals surface area contributed by atoms with Gasteiger partial charge in [-0.15, -0.1) is 0 Å². The number of nitrogens with two attached hydrogens (primary N) is 2. The molecule has 4 heterocycles. The highest BCUT2D eigenvalue weighted by molar-refractivity contribution is 6.10. The van der Waals surface area contributed by atoms with Crippen LogP contribution < -0.4 is 11.5 Å². The maximum Gasteiger partial charge on any atom is 0.266 e. The molecule has 2 aliphatic heterocycles. The van der Waals surface area contributed by atoms with Gasteiger partial charge in [0, 0.05) is 44.4 Å². The van der Waals surface area contributed by atoms with Crippen LogP contribution in [0.25, 0.3) is 22.3 Å². The number of hydrogen-bond acceptors (Lipinski definition) is 9. The SMILES string of the molecule is CN1C(=O)C(c2ccccc2)(c2cccc(-c3cccnc3)c2)N=C1N.CN1C(=O)C(c2ccccc2)(c2cccc(-c3cncnc3)c2)N=C1N. The minimum absolute atomic E-state index is 0.162. The number of pyridine rings is 1. The number of amides is 2. The van der Waals surface area contributed by atoms with Crippen LogP contribution in [0.3, 0.4) is 0 Å². The Hall–Kier alpha value is -7.01. The second-order valence-electron chi connectivity index (χ2n) is 12.4. The fourth-order valence-electron chi connectivity index (χ4n) is 6.56. The van der Waals surface area contributed by atoms with Gasteiger partial charge in [-0.05, 0) is 57.1 Å². The Balaban J connectivity index is 0.000000162. The van der Waals surface area contributed by atoms with Crippen LogP contribution in [0.2, 0.25) is 0 Å². The molecule has 0 saturated carbocycles. The zero-order valence-electron chi connectivity index (χ0n) is 28.5. The highest BCUT2D eigenvalue weighted by Gasteiger charge is 2.50. The lowest BCUT2D eigenvalue weighted by atomic mass is 9.82. The van der Waals surface area contributed by atoms with E-state index in [9.17, 15) is 9.59 Å². The first kappa shape index (κ1) is 33.5. The first-order valence-corrected chi connectivity index (χ1v) is 16.5. The molecule has 2 amide bonds. The number of carbonyl (C=O) groups is 2. The molecule has 8 rings (SSSR count). The predicted molar refractivity (Wildman–Crippen MR) is 200 cm³/mol. The van der Waals surface area contributed by atoms with E-state index in [1.807, 2.05) is 121 Å². The van der Waals surface area contributed by atoms with Crippen LogP contribution >= 0.6 is 0 Å². The average Bonchev–Trinajstić information content (AvgIpc) is 3.59. The fraction of sp³-hybridized carbons (Fsp3) is 0.0976. The van der Waals surface area contributed by atoms with Gasteiger partial charge in [-0.2, -0.15) is 0 Å². The number of guanidine groups is 2. The highest BCUT2D eigenvalue weighted by Crippen LogP contribution is 2.41. The summed E-state index contributed by atoms with van der Waals surface area (Å²) in [5, 5.41) is 0. The van der Waals surface area contributed by atoms with Gasteiger partial charge in [-0.3, -0.25) is 24.4 Å². The van der Waals surface area contributed by atoms with Crippen molar-refractivity contribution in [2.24, 2.45) is 21.5 Å². The monoisotopic (exact) mass is 685 g/mol. The van der Waals surface area contributed by atoms with Crippen LogP contribution in [-0.4, -0.2) is 62.6 Å². The maximum absolute atomic E-state index is 13.2. The molecule has 0 spiro atoms.